The third-order valence-electron chi connectivity index (χ3n) is 3.38. The van der Waals surface area contributed by atoms with Gasteiger partial charge in [0.2, 0.25) is 5.91 Å². The van der Waals surface area contributed by atoms with Crippen molar-refractivity contribution in [3.05, 3.63) is 58.5 Å². The Bertz CT molecular complexity index is 688. The summed E-state index contributed by atoms with van der Waals surface area (Å²) in [7, 11) is 0. The molecule has 0 aliphatic carbocycles. The van der Waals surface area contributed by atoms with Crippen LogP contribution >= 0.6 is 0 Å². The number of carboxylic acid groups (broad SMARTS) is 1. The molecule has 0 saturated carbocycles. The van der Waals surface area contributed by atoms with Crippen LogP contribution in [0.2, 0.25) is 0 Å². The molecule has 1 aromatic carbocycles. The van der Waals surface area contributed by atoms with Gasteiger partial charge >= 0.3 is 5.97 Å². The number of benzene rings is 1. The lowest BCUT2D eigenvalue weighted by Crippen LogP contribution is -2.22. The van der Waals surface area contributed by atoms with Crippen molar-refractivity contribution in [2.75, 3.05) is 0 Å². The molecule has 1 heterocycles. The monoisotopic (exact) mass is 301 g/mol. The maximum atomic E-state index is 11.8. The second kappa shape index (κ2) is 6.93. The van der Waals surface area contributed by atoms with E-state index in [-0.39, 0.29) is 18.0 Å². The Labute approximate surface area is 129 Å². The molecule has 0 fully saturated rings. The van der Waals surface area contributed by atoms with E-state index >= 15 is 0 Å². The smallest absolute Gasteiger partial charge is 0.339 e. The zero-order valence-electron chi connectivity index (χ0n) is 12.7. The number of carboxylic acids is 1. The number of hydrogen-bond donors (Lipinski definition) is 2. The van der Waals surface area contributed by atoms with Crippen LogP contribution in [0.1, 0.15) is 39.4 Å². The molecular formula is C17H19NO4. The van der Waals surface area contributed by atoms with Crippen molar-refractivity contribution in [3.8, 4) is 0 Å². The van der Waals surface area contributed by atoms with Crippen molar-refractivity contribution in [1.82, 2.24) is 5.32 Å². The van der Waals surface area contributed by atoms with Gasteiger partial charge in [-0.25, -0.2) is 4.79 Å². The highest BCUT2D eigenvalue weighted by molar-refractivity contribution is 5.88. The van der Waals surface area contributed by atoms with Crippen molar-refractivity contribution in [1.29, 1.82) is 0 Å². The summed E-state index contributed by atoms with van der Waals surface area (Å²) in [5.41, 5.74) is 2.42. The molecule has 0 saturated heterocycles. The molecule has 0 spiro atoms. The van der Waals surface area contributed by atoms with Gasteiger partial charge in [-0.2, -0.15) is 0 Å². The van der Waals surface area contributed by atoms with E-state index in [0.29, 0.717) is 24.4 Å². The van der Waals surface area contributed by atoms with Crippen molar-refractivity contribution in [3.63, 3.8) is 0 Å². The molecule has 22 heavy (non-hydrogen) atoms. The molecule has 2 aromatic rings. The van der Waals surface area contributed by atoms with E-state index in [0.717, 1.165) is 5.56 Å². The summed E-state index contributed by atoms with van der Waals surface area (Å²) in [6.07, 6.45) is 1.06. The van der Waals surface area contributed by atoms with Crippen LogP contribution < -0.4 is 5.32 Å². The summed E-state index contributed by atoms with van der Waals surface area (Å²) >= 11 is 0. The fourth-order valence-corrected chi connectivity index (χ4v) is 2.24. The normalized spacial score (nSPS) is 10.5. The maximum Gasteiger partial charge on any atom is 0.339 e. The molecule has 0 unspecified atom stereocenters. The summed E-state index contributed by atoms with van der Waals surface area (Å²) < 4.78 is 5.31. The van der Waals surface area contributed by atoms with E-state index in [1.165, 1.54) is 11.6 Å². The molecule has 0 bridgehead atoms. The standard InChI is InChI=1S/C17H19NO4/c1-11-4-3-5-13(8-11)6-7-16(19)18-10-14-9-15(17(20)21)12(2)22-14/h3-5,8-9H,6-7,10H2,1-2H3,(H,18,19)(H,20,21). The molecule has 2 N–H and O–H groups in total. The second-order valence-electron chi connectivity index (χ2n) is 5.25. The summed E-state index contributed by atoms with van der Waals surface area (Å²) in [5, 5.41) is 11.7. The number of nitrogens with one attached hydrogen (secondary N) is 1. The Hall–Kier alpha value is -2.56. The van der Waals surface area contributed by atoms with E-state index < -0.39 is 5.97 Å². The minimum atomic E-state index is -1.03. The number of carbonyl (C=O) groups excluding carboxylic acids is 1. The summed E-state index contributed by atoms with van der Waals surface area (Å²) in [4.78, 5) is 22.7. The summed E-state index contributed by atoms with van der Waals surface area (Å²) in [6, 6.07) is 9.49. The first-order valence-corrected chi connectivity index (χ1v) is 7.10. The molecule has 0 radical (unpaired) electrons. The molecule has 1 aromatic heterocycles. The van der Waals surface area contributed by atoms with Crippen LogP contribution in [0.5, 0.6) is 0 Å². The van der Waals surface area contributed by atoms with Crippen LogP contribution in [-0.4, -0.2) is 17.0 Å². The molecule has 0 atom stereocenters. The van der Waals surface area contributed by atoms with Crippen molar-refractivity contribution in [2.24, 2.45) is 0 Å². The van der Waals surface area contributed by atoms with E-state index in [2.05, 4.69) is 11.4 Å². The Kier molecular flexibility index (Phi) is 4.99. The fourth-order valence-electron chi connectivity index (χ4n) is 2.24. The van der Waals surface area contributed by atoms with Gasteiger partial charge in [0, 0.05) is 6.42 Å². The minimum absolute atomic E-state index is 0.0903. The number of aromatic carboxylic acids is 1. The Balaban J connectivity index is 1.83. The molecule has 2 rings (SSSR count). The number of amides is 1. The first kappa shape index (κ1) is 15.8. The van der Waals surface area contributed by atoms with Crippen molar-refractivity contribution >= 4 is 11.9 Å². The van der Waals surface area contributed by atoms with Gasteiger partial charge in [0.1, 0.15) is 17.1 Å². The summed E-state index contributed by atoms with van der Waals surface area (Å²) in [5.74, 6) is -0.332. The Morgan fingerprint density at radius 2 is 2.00 bits per heavy atom. The van der Waals surface area contributed by atoms with Gasteiger partial charge in [-0.3, -0.25) is 4.79 Å². The van der Waals surface area contributed by atoms with Gasteiger partial charge in [-0.1, -0.05) is 29.8 Å². The average Bonchev–Trinajstić information content (AvgIpc) is 2.84. The molecule has 0 aliphatic rings. The summed E-state index contributed by atoms with van der Waals surface area (Å²) in [6.45, 7) is 3.80. The molecular weight excluding hydrogens is 282 g/mol. The van der Waals surface area contributed by atoms with Gasteiger partial charge < -0.3 is 14.8 Å². The lowest BCUT2D eigenvalue weighted by atomic mass is 10.1. The molecule has 1 amide bonds. The third-order valence-corrected chi connectivity index (χ3v) is 3.38. The van der Waals surface area contributed by atoms with Crippen molar-refractivity contribution in [2.45, 2.75) is 33.2 Å². The zero-order chi connectivity index (χ0) is 16.1. The highest BCUT2D eigenvalue weighted by atomic mass is 16.4. The first-order valence-electron chi connectivity index (χ1n) is 7.10. The quantitative estimate of drug-likeness (QED) is 0.860. The van der Waals surface area contributed by atoms with Gasteiger partial charge in [0.15, 0.2) is 0 Å². The minimum Gasteiger partial charge on any atom is -0.478 e. The van der Waals surface area contributed by atoms with E-state index in [1.54, 1.807) is 6.92 Å². The topological polar surface area (TPSA) is 79.5 Å². The lowest BCUT2D eigenvalue weighted by Gasteiger charge is -2.04. The second-order valence-corrected chi connectivity index (χ2v) is 5.25. The number of rotatable bonds is 6. The van der Waals surface area contributed by atoms with Crippen LogP contribution in [0.15, 0.2) is 34.7 Å². The van der Waals surface area contributed by atoms with E-state index in [4.69, 9.17) is 9.52 Å². The first-order chi connectivity index (χ1) is 10.5. The maximum absolute atomic E-state index is 11.8. The number of furan rings is 1. The van der Waals surface area contributed by atoms with E-state index in [9.17, 15) is 9.59 Å². The molecule has 0 aliphatic heterocycles. The Morgan fingerprint density at radius 3 is 2.64 bits per heavy atom. The molecule has 5 heteroatoms. The molecule has 116 valence electrons. The van der Waals surface area contributed by atoms with E-state index in [1.807, 2.05) is 25.1 Å². The largest absolute Gasteiger partial charge is 0.478 e. The van der Waals surface area contributed by atoms with Crippen LogP contribution in [0, 0.1) is 13.8 Å². The van der Waals surface area contributed by atoms with Crippen LogP contribution in [0.25, 0.3) is 0 Å². The Morgan fingerprint density at radius 1 is 1.23 bits per heavy atom. The van der Waals surface area contributed by atoms with Gasteiger partial charge in [0.05, 0.1) is 6.54 Å². The highest BCUT2D eigenvalue weighted by Crippen LogP contribution is 2.14. The van der Waals surface area contributed by atoms with Gasteiger partial charge in [-0.05, 0) is 31.9 Å². The number of carbonyl (C=O) groups is 2. The fraction of sp³-hybridized carbons (Fsp3) is 0.294. The van der Waals surface area contributed by atoms with Crippen LogP contribution in [0.3, 0.4) is 0 Å². The number of aryl methyl sites for hydroxylation is 3. The number of hydrogen-bond acceptors (Lipinski definition) is 3. The zero-order valence-corrected chi connectivity index (χ0v) is 12.7. The predicted molar refractivity (Wildman–Crippen MR) is 81.8 cm³/mol. The highest BCUT2D eigenvalue weighted by Gasteiger charge is 2.14. The average molecular weight is 301 g/mol. The van der Waals surface area contributed by atoms with Crippen LogP contribution in [0.4, 0.5) is 0 Å². The predicted octanol–water partition coefficient (Wildman–Crippen LogP) is 2.84. The SMILES string of the molecule is Cc1cccc(CCC(=O)NCc2cc(C(=O)O)c(C)o2)c1. The third kappa shape index (κ3) is 4.22. The van der Waals surface area contributed by atoms with Gasteiger partial charge in [0.25, 0.3) is 0 Å². The van der Waals surface area contributed by atoms with Crippen LogP contribution in [-0.2, 0) is 17.8 Å². The van der Waals surface area contributed by atoms with Crippen molar-refractivity contribution < 1.29 is 19.1 Å². The molecule has 5 nitrogen and oxygen atoms in total. The van der Waals surface area contributed by atoms with Gasteiger partial charge in [-0.15, -0.1) is 0 Å². The lowest BCUT2D eigenvalue weighted by molar-refractivity contribution is -0.121.